The number of carbonyl (C=O) groups is 2. The molecule has 3 aliphatic rings. The molecule has 0 radical (unpaired) electrons. The molecule has 1 aromatic rings. The molecule has 2 aliphatic heterocycles. The summed E-state index contributed by atoms with van der Waals surface area (Å²) in [4.78, 5) is 26.0. The topological polar surface area (TPSA) is 71.1 Å². The van der Waals surface area contributed by atoms with Gasteiger partial charge in [0.25, 0.3) is 0 Å². The van der Waals surface area contributed by atoms with Crippen LogP contribution in [0.25, 0.3) is 5.57 Å². The summed E-state index contributed by atoms with van der Waals surface area (Å²) in [6.45, 7) is 6.07. The largest absolute Gasteiger partial charge is 0.514 e. The lowest BCUT2D eigenvalue weighted by Crippen LogP contribution is -2.42. The first-order valence-electron chi connectivity index (χ1n) is 10.1. The third-order valence-corrected chi connectivity index (χ3v) is 6.42. The summed E-state index contributed by atoms with van der Waals surface area (Å²) < 4.78 is 22.4. The van der Waals surface area contributed by atoms with Crippen LogP contribution in [0.2, 0.25) is 0 Å². The van der Waals surface area contributed by atoms with Crippen molar-refractivity contribution in [2.75, 3.05) is 20.3 Å². The van der Waals surface area contributed by atoms with E-state index in [9.17, 15) is 9.59 Å². The van der Waals surface area contributed by atoms with Crippen LogP contribution >= 0.6 is 0 Å². The second-order valence-corrected chi connectivity index (χ2v) is 8.42. The van der Waals surface area contributed by atoms with E-state index in [2.05, 4.69) is 5.92 Å². The Bertz CT molecular complexity index is 961. The van der Waals surface area contributed by atoms with Crippen LogP contribution in [0, 0.1) is 45.0 Å². The molecule has 0 N–H and O–H groups in total. The predicted octanol–water partition coefficient (Wildman–Crippen LogP) is 3.50. The molecule has 4 atom stereocenters. The Labute approximate surface area is 176 Å². The number of methoxy groups -OCH3 is 1. The summed E-state index contributed by atoms with van der Waals surface area (Å²) in [7, 11) is 1.61. The fourth-order valence-electron chi connectivity index (χ4n) is 5.59. The highest BCUT2D eigenvalue weighted by Crippen LogP contribution is 2.60. The summed E-state index contributed by atoms with van der Waals surface area (Å²) in [5.41, 5.74) is 3.61. The van der Waals surface area contributed by atoms with E-state index in [1.54, 1.807) is 7.11 Å². The van der Waals surface area contributed by atoms with Crippen molar-refractivity contribution in [3.05, 3.63) is 40.1 Å². The first-order valence-corrected chi connectivity index (χ1v) is 10.1. The quantitative estimate of drug-likeness (QED) is 0.547. The normalized spacial score (nSPS) is 29.2. The van der Waals surface area contributed by atoms with Gasteiger partial charge in [0.2, 0.25) is 0 Å². The van der Waals surface area contributed by atoms with E-state index in [1.807, 2.05) is 32.9 Å². The molecule has 0 spiro atoms. The maximum atomic E-state index is 13.7. The van der Waals surface area contributed by atoms with Gasteiger partial charge < -0.3 is 18.9 Å². The fraction of sp³-hybridized carbons (Fsp3) is 0.500. The van der Waals surface area contributed by atoms with Crippen LogP contribution < -0.4 is 0 Å². The molecule has 0 amide bonds. The zero-order valence-electron chi connectivity index (χ0n) is 17.7. The Morgan fingerprint density at radius 3 is 2.63 bits per heavy atom. The summed E-state index contributed by atoms with van der Waals surface area (Å²) in [5.74, 6) is 1.75. The first-order chi connectivity index (χ1) is 14.3. The van der Waals surface area contributed by atoms with Crippen LogP contribution in [0.15, 0.2) is 17.9 Å². The van der Waals surface area contributed by atoms with Gasteiger partial charge in [0.15, 0.2) is 12.4 Å². The van der Waals surface area contributed by atoms with E-state index in [0.717, 1.165) is 35.1 Å². The van der Waals surface area contributed by atoms with Gasteiger partial charge >= 0.3 is 6.16 Å². The zero-order chi connectivity index (χ0) is 21.6. The third-order valence-electron chi connectivity index (χ3n) is 6.42. The number of hydrogen-bond donors (Lipinski definition) is 0. The lowest BCUT2D eigenvalue weighted by molar-refractivity contribution is -0.118. The molecule has 6 nitrogen and oxygen atoms in total. The van der Waals surface area contributed by atoms with Crippen LogP contribution in [0.5, 0.6) is 0 Å². The van der Waals surface area contributed by atoms with Gasteiger partial charge in [-0.1, -0.05) is 23.6 Å². The Morgan fingerprint density at radius 1 is 1.30 bits per heavy atom. The van der Waals surface area contributed by atoms with Crippen LogP contribution in [-0.4, -0.2) is 44.0 Å². The number of fused-ring (bicyclic) bond motifs is 5. The molecular weight excluding hydrogens is 384 g/mol. The van der Waals surface area contributed by atoms with E-state index < -0.39 is 17.7 Å². The second-order valence-electron chi connectivity index (χ2n) is 8.42. The monoisotopic (exact) mass is 410 g/mol. The molecule has 2 fully saturated rings. The number of ether oxygens (including phenoxy) is 4. The molecular formula is C24H26O6. The van der Waals surface area contributed by atoms with Crippen molar-refractivity contribution < 1.29 is 28.5 Å². The van der Waals surface area contributed by atoms with E-state index in [4.69, 9.17) is 25.4 Å². The average molecular weight is 410 g/mol. The molecule has 4 rings (SSSR count). The smallest absolute Gasteiger partial charge is 0.421 e. The van der Waals surface area contributed by atoms with Gasteiger partial charge in [-0.05, 0) is 50.3 Å². The minimum atomic E-state index is -0.911. The number of Topliss-reactive ketones (excluding diaryl/α,β-unsaturated/α-hetero) is 1. The van der Waals surface area contributed by atoms with Crippen molar-refractivity contribution in [3.63, 3.8) is 0 Å². The zero-order valence-corrected chi connectivity index (χ0v) is 17.7. The van der Waals surface area contributed by atoms with Crippen molar-refractivity contribution >= 4 is 17.5 Å². The maximum Gasteiger partial charge on any atom is 0.514 e. The maximum absolute atomic E-state index is 13.7. The molecule has 2 saturated heterocycles. The van der Waals surface area contributed by atoms with Gasteiger partial charge in [0.05, 0.1) is 30.1 Å². The summed E-state index contributed by atoms with van der Waals surface area (Å²) in [5, 5.41) is 0. The molecule has 0 unspecified atom stereocenters. The number of ketones is 1. The Kier molecular flexibility index (Phi) is 5.21. The molecule has 6 heteroatoms. The highest BCUT2D eigenvalue weighted by Gasteiger charge is 2.67. The van der Waals surface area contributed by atoms with Gasteiger partial charge in [-0.25, -0.2) is 4.79 Å². The van der Waals surface area contributed by atoms with Crippen molar-refractivity contribution in [2.45, 2.75) is 45.3 Å². The fourth-order valence-corrected chi connectivity index (χ4v) is 5.59. The molecule has 158 valence electrons. The molecule has 2 heterocycles. The predicted molar refractivity (Wildman–Crippen MR) is 110 cm³/mol. The van der Waals surface area contributed by atoms with Crippen molar-refractivity contribution in [1.82, 2.24) is 0 Å². The van der Waals surface area contributed by atoms with Crippen LogP contribution in [0.3, 0.4) is 0 Å². The number of allylic oxidation sites excluding steroid dienone is 1. The number of carbonyl (C=O) groups excluding carboxylic acids is 2. The molecule has 0 aromatic heterocycles. The third kappa shape index (κ3) is 3.05. The summed E-state index contributed by atoms with van der Waals surface area (Å²) in [6.07, 6.45) is 5.60. The minimum Gasteiger partial charge on any atom is -0.421 e. The lowest BCUT2D eigenvalue weighted by Gasteiger charge is -2.32. The molecule has 1 aliphatic carbocycles. The second kappa shape index (κ2) is 7.57. The van der Waals surface area contributed by atoms with Gasteiger partial charge in [-0.2, -0.15) is 0 Å². The van der Waals surface area contributed by atoms with E-state index in [0.29, 0.717) is 17.9 Å². The van der Waals surface area contributed by atoms with Gasteiger partial charge in [0, 0.05) is 7.11 Å². The van der Waals surface area contributed by atoms with Crippen LogP contribution in [-0.2, 0) is 23.7 Å². The molecule has 30 heavy (non-hydrogen) atoms. The molecule has 2 bridgehead atoms. The van der Waals surface area contributed by atoms with E-state index >= 15 is 0 Å². The number of aryl methyl sites for hydroxylation is 3. The molecule has 0 saturated carbocycles. The number of hydrogen-bond acceptors (Lipinski definition) is 6. The SMILES string of the molecule is C#CCOC(=O)OC1=C(c2c(C)cc(C)cc2C)C(=O)[C@H]2[C@@H]3CC[C@@](COC)(O3)[C@@H]12. The standard InChI is InChI=1S/C24H26O6/c1-6-9-28-23(26)29-22-19(17-14(3)10-13(2)11-15(17)4)21(25)18-16-7-8-24(30-16,12-27-5)20(18)22/h1,10-11,16,18,20H,7-9,12H2,2-5H3/t16-,18-,20+,24-/m0/s1. The Balaban J connectivity index is 1.87. The van der Waals surface area contributed by atoms with E-state index in [-0.39, 0.29) is 24.4 Å². The number of terminal acetylenes is 1. The molecule has 1 aromatic carbocycles. The van der Waals surface area contributed by atoms with E-state index in [1.165, 1.54) is 0 Å². The Hall–Kier alpha value is -2.62. The van der Waals surface area contributed by atoms with Crippen molar-refractivity contribution in [3.8, 4) is 12.3 Å². The highest BCUT2D eigenvalue weighted by molar-refractivity contribution is 6.26. The van der Waals surface area contributed by atoms with Gasteiger partial charge in [0.1, 0.15) is 11.4 Å². The average Bonchev–Trinajstić information content (AvgIpc) is 3.31. The first kappa shape index (κ1) is 20.6. The highest BCUT2D eigenvalue weighted by atomic mass is 16.7. The lowest BCUT2D eigenvalue weighted by atomic mass is 9.73. The minimum absolute atomic E-state index is 0.0440. The number of rotatable bonds is 5. The van der Waals surface area contributed by atoms with Crippen molar-refractivity contribution in [1.29, 1.82) is 0 Å². The van der Waals surface area contributed by atoms with Gasteiger partial charge in [-0.3, -0.25) is 4.79 Å². The summed E-state index contributed by atoms with van der Waals surface area (Å²) >= 11 is 0. The Morgan fingerprint density at radius 2 is 2.00 bits per heavy atom. The number of benzene rings is 1. The van der Waals surface area contributed by atoms with Crippen LogP contribution in [0.4, 0.5) is 4.79 Å². The van der Waals surface area contributed by atoms with Gasteiger partial charge in [-0.15, -0.1) is 6.42 Å². The van der Waals surface area contributed by atoms with Crippen LogP contribution in [0.1, 0.15) is 35.1 Å². The van der Waals surface area contributed by atoms with Crippen molar-refractivity contribution in [2.24, 2.45) is 11.8 Å². The summed E-state index contributed by atoms with van der Waals surface area (Å²) in [6, 6.07) is 4.06.